The Kier molecular flexibility index (Phi) is 7.67. The number of likely N-dealkylation sites (tertiary alicyclic amines) is 1. The molecule has 0 spiro atoms. The van der Waals surface area contributed by atoms with E-state index >= 15 is 0 Å². The van der Waals surface area contributed by atoms with Gasteiger partial charge >= 0.3 is 6.18 Å². The molecule has 2 aliphatic carbocycles. The Bertz CT molecular complexity index is 1250. The number of halogens is 3. The van der Waals surface area contributed by atoms with Gasteiger partial charge in [0.25, 0.3) is 0 Å². The zero-order valence-electron chi connectivity index (χ0n) is 21.5. The molecule has 7 nitrogen and oxygen atoms in total. The van der Waals surface area contributed by atoms with Crippen LogP contribution in [0.5, 0.6) is 0 Å². The number of nitrogens with two attached hydrogens (primary N) is 1. The minimum atomic E-state index is -4.25. The maximum atomic E-state index is 12.8. The molecule has 1 saturated heterocycles. The van der Waals surface area contributed by atoms with E-state index < -0.39 is 18.0 Å². The number of fused-ring (bicyclic) bond motifs is 1. The van der Waals surface area contributed by atoms with Crippen LogP contribution >= 0.6 is 11.3 Å². The zero-order chi connectivity index (χ0) is 26.9. The molecule has 1 saturated carbocycles. The monoisotopic (exact) mass is 545 g/mol. The fourth-order valence-electron chi connectivity index (χ4n) is 5.60. The molecule has 0 aromatic carbocycles. The molecule has 4 N–H and O–H groups in total. The van der Waals surface area contributed by atoms with Crippen LogP contribution in [0, 0.1) is 22.7 Å². The van der Waals surface area contributed by atoms with Crippen molar-refractivity contribution >= 4 is 27.4 Å². The molecule has 0 radical (unpaired) electrons. The maximum Gasteiger partial charge on any atom is 0.393 e. The Labute approximate surface area is 225 Å². The van der Waals surface area contributed by atoms with E-state index in [2.05, 4.69) is 43.7 Å². The molecule has 204 valence electrons. The molecule has 1 atom stereocenters. The number of rotatable bonds is 8. The van der Waals surface area contributed by atoms with Gasteiger partial charge in [-0.15, -0.1) is 11.3 Å². The summed E-state index contributed by atoms with van der Waals surface area (Å²) >= 11 is 1.06. The van der Waals surface area contributed by atoms with Crippen LogP contribution in [0.25, 0.3) is 10.2 Å². The summed E-state index contributed by atoms with van der Waals surface area (Å²) in [6.45, 7) is 5.42. The van der Waals surface area contributed by atoms with Crippen LogP contribution in [-0.4, -0.2) is 59.3 Å². The van der Waals surface area contributed by atoms with Gasteiger partial charge < -0.3 is 16.4 Å². The van der Waals surface area contributed by atoms with Crippen molar-refractivity contribution in [1.29, 1.82) is 5.26 Å². The normalized spacial score (nSPS) is 26.8. The molecule has 0 bridgehead atoms. The Balaban J connectivity index is 1.16. The van der Waals surface area contributed by atoms with Crippen LogP contribution in [-0.2, 0) is 6.42 Å². The Hall–Kier alpha value is -2.68. The van der Waals surface area contributed by atoms with Crippen molar-refractivity contribution in [3.8, 4) is 6.07 Å². The van der Waals surface area contributed by atoms with E-state index in [9.17, 15) is 18.4 Å². The summed E-state index contributed by atoms with van der Waals surface area (Å²) in [5.41, 5.74) is 7.60. The molecule has 38 heavy (non-hydrogen) atoms. The number of thiophene rings is 1. The van der Waals surface area contributed by atoms with Crippen LogP contribution in [0.4, 0.5) is 19.0 Å². The Morgan fingerprint density at radius 2 is 2.00 bits per heavy atom. The van der Waals surface area contributed by atoms with E-state index in [0.29, 0.717) is 34.4 Å². The summed E-state index contributed by atoms with van der Waals surface area (Å²) in [4.78, 5) is 11.7. The number of allylic oxidation sites excluding steroid dienone is 3. The van der Waals surface area contributed by atoms with E-state index in [1.165, 1.54) is 6.33 Å². The third-order valence-corrected chi connectivity index (χ3v) is 9.00. The van der Waals surface area contributed by atoms with Crippen molar-refractivity contribution < 1.29 is 13.2 Å². The number of piperidine rings is 1. The molecule has 3 heterocycles. The molecular weight excluding hydrogens is 511 g/mol. The first kappa shape index (κ1) is 26.9. The highest BCUT2D eigenvalue weighted by molar-refractivity contribution is 7.18. The van der Waals surface area contributed by atoms with Gasteiger partial charge in [0.15, 0.2) is 0 Å². The molecule has 2 aromatic heterocycles. The van der Waals surface area contributed by atoms with Gasteiger partial charge in [-0.3, -0.25) is 4.90 Å². The van der Waals surface area contributed by atoms with Crippen molar-refractivity contribution in [1.82, 2.24) is 20.2 Å². The van der Waals surface area contributed by atoms with Gasteiger partial charge in [0.2, 0.25) is 0 Å². The van der Waals surface area contributed by atoms with Crippen molar-refractivity contribution in [2.45, 2.75) is 63.7 Å². The van der Waals surface area contributed by atoms with Crippen LogP contribution in [0.15, 0.2) is 35.8 Å². The fraction of sp³-hybridized carbons (Fsp3) is 0.593. The number of alkyl halides is 3. The molecule has 0 amide bonds. The van der Waals surface area contributed by atoms with Gasteiger partial charge in [-0.2, -0.15) is 18.4 Å². The van der Waals surface area contributed by atoms with Gasteiger partial charge in [0.1, 0.15) is 17.0 Å². The summed E-state index contributed by atoms with van der Waals surface area (Å²) in [5.74, 6) is 1.22. The number of aromatic nitrogens is 2. The predicted molar refractivity (Wildman–Crippen MR) is 143 cm³/mol. The molecule has 3 aliphatic rings. The Morgan fingerprint density at radius 1 is 1.24 bits per heavy atom. The summed E-state index contributed by atoms with van der Waals surface area (Å²) in [5, 5.41) is 17.7. The lowest BCUT2D eigenvalue weighted by molar-refractivity contribution is -0.126. The molecule has 1 aliphatic heterocycles. The van der Waals surface area contributed by atoms with Crippen molar-refractivity contribution in [2.75, 3.05) is 31.5 Å². The maximum absolute atomic E-state index is 12.8. The van der Waals surface area contributed by atoms with E-state index in [1.807, 2.05) is 6.92 Å². The highest BCUT2D eigenvalue weighted by Gasteiger charge is 2.35. The second-order valence-corrected chi connectivity index (χ2v) is 12.2. The lowest BCUT2D eigenvalue weighted by atomic mass is 9.75. The Morgan fingerprint density at radius 3 is 2.68 bits per heavy atom. The lowest BCUT2D eigenvalue weighted by Crippen LogP contribution is -2.43. The quantitative estimate of drug-likeness (QED) is 0.440. The molecule has 1 unspecified atom stereocenters. The molecule has 11 heteroatoms. The van der Waals surface area contributed by atoms with E-state index in [-0.39, 0.29) is 10.9 Å². The third-order valence-electron chi connectivity index (χ3n) is 7.95. The van der Waals surface area contributed by atoms with Gasteiger partial charge in [-0.05, 0) is 56.2 Å². The second-order valence-electron chi connectivity index (χ2n) is 11.1. The number of nitrogens with zero attached hydrogens (tertiary/aromatic N) is 4. The van der Waals surface area contributed by atoms with Crippen LogP contribution < -0.4 is 16.4 Å². The number of nitriles is 1. The van der Waals surface area contributed by atoms with Gasteiger partial charge in [-0.1, -0.05) is 6.08 Å². The number of anilines is 1. The van der Waals surface area contributed by atoms with Crippen LogP contribution in [0.3, 0.4) is 0 Å². The molecule has 5 rings (SSSR count). The van der Waals surface area contributed by atoms with Crippen molar-refractivity contribution in [3.63, 3.8) is 0 Å². The van der Waals surface area contributed by atoms with Gasteiger partial charge in [0, 0.05) is 55.3 Å². The van der Waals surface area contributed by atoms with Gasteiger partial charge in [-0.25, -0.2) is 9.97 Å². The average molecular weight is 546 g/mol. The van der Waals surface area contributed by atoms with Crippen LogP contribution in [0.1, 0.15) is 43.9 Å². The van der Waals surface area contributed by atoms with Crippen molar-refractivity contribution in [3.05, 3.63) is 40.7 Å². The van der Waals surface area contributed by atoms with Crippen LogP contribution in [0.2, 0.25) is 0 Å². The lowest BCUT2D eigenvalue weighted by Gasteiger charge is -2.38. The van der Waals surface area contributed by atoms with E-state index in [1.54, 1.807) is 6.07 Å². The molecule has 2 aromatic rings. The largest absolute Gasteiger partial charge is 0.393 e. The first-order chi connectivity index (χ1) is 18.1. The summed E-state index contributed by atoms with van der Waals surface area (Å²) in [6, 6.07) is 4.63. The van der Waals surface area contributed by atoms with E-state index in [4.69, 9.17) is 5.73 Å². The fourth-order valence-corrected chi connectivity index (χ4v) is 6.63. The molecular formula is C27H34F3N7S. The number of hydrogen-bond donors (Lipinski definition) is 3. The number of hydrogen-bond acceptors (Lipinski definition) is 8. The first-order valence-electron chi connectivity index (χ1n) is 13.2. The summed E-state index contributed by atoms with van der Waals surface area (Å²) < 4.78 is 38.5. The first-order valence-corrected chi connectivity index (χ1v) is 14.0. The minimum absolute atomic E-state index is 0.174. The topological polar surface area (TPSA) is 103 Å². The highest BCUT2D eigenvalue weighted by atomic mass is 32.1. The smallest absolute Gasteiger partial charge is 0.388 e. The zero-order valence-corrected chi connectivity index (χ0v) is 22.3. The second kappa shape index (κ2) is 10.8. The molecule has 2 fully saturated rings. The third kappa shape index (κ3) is 6.30. The highest BCUT2D eigenvalue weighted by Crippen LogP contribution is 2.38. The van der Waals surface area contributed by atoms with Crippen molar-refractivity contribution in [2.24, 2.45) is 17.1 Å². The predicted octanol–water partition coefficient (Wildman–Crippen LogP) is 4.74. The van der Waals surface area contributed by atoms with Gasteiger partial charge in [0.05, 0.1) is 23.3 Å². The summed E-state index contributed by atoms with van der Waals surface area (Å²) in [6.07, 6.45) is 5.02. The van der Waals surface area contributed by atoms with E-state index in [0.717, 1.165) is 74.5 Å². The minimum Gasteiger partial charge on any atom is -0.388 e. The SMILES string of the molecule is CC1(C#N)CC(NCC2CC(N)C2)=CC=C1CN1CCC(Nc2ncnc3sc(CC(F)(F)F)cc23)CC1. The number of nitrogens with one attached hydrogen (secondary N) is 2. The summed E-state index contributed by atoms with van der Waals surface area (Å²) in [7, 11) is 0. The standard InChI is InChI=1S/C27H34F3N7S/c1-26(15-31)11-21(33-13-17-8-19(32)9-17)3-2-18(26)14-37-6-4-20(5-7-37)36-24-23-10-22(12-27(28,29)30)38-25(23)35-16-34-24/h2-3,10,16-17,19-20,33H,4-9,11-14,32H2,1H3,(H,34,35,36). The average Bonchev–Trinajstić information content (AvgIpc) is 3.25.